The molecule has 0 atom stereocenters. The Morgan fingerprint density at radius 1 is 0.818 bits per heavy atom. The molecular formula is C21H22N+. The van der Waals surface area contributed by atoms with E-state index in [0.717, 1.165) is 22.4 Å². The van der Waals surface area contributed by atoms with E-state index in [0.29, 0.717) is 11.1 Å². The molecule has 0 bridgehead atoms. The van der Waals surface area contributed by atoms with Crippen LogP contribution in [0, 0.1) is 20.6 Å². The standard InChI is InChI=1S/C21H22N/c1-15-12-13-20(22(4)14-15)21-17(3)9-7-11-19(21)18-10-6-5-8-16(18)2/h5-14H,1-4H3/q+1/i1D3,2D3. The van der Waals surface area contributed by atoms with Gasteiger partial charge in [-0.3, -0.25) is 0 Å². The first kappa shape index (κ1) is 8.89. The Kier molecular flexibility index (Phi) is 2.33. The van der Waals surface area contributed by atoms with E-state index in [9.17, 15) is 0 Å². The normalized spacial score (nSPS) is 15.9. The van der Waals surface area contributed by atoms with E-state index in [2.05, 4.69) is 0 Å². The molecule has 3 rings (SSSR count). The van der Waals surface area contributed by atoms with E-state index in [1.165, 1.54) is 0 Å². The first-order chi connectivity index (χ1) is 13.0. The van der Waals surface area contributed by atoms with Crippen LogP contribution in [0.5, 0.6) is 0 Å². The summed E-state index contributed by atoms with van der Waals surface area (Å²) in [6, 6.07) is 16.2. The molecule has 0 spiro atoms. The lowest BCUT2D eigenvalue weighted by Gasteiger charge is -2.13. The van der Waals surface area contributed by atoms with Crippen molar-refractivity contribution in [2.75, 3.05) is 0 Å². The molecule has 0 fully saturated rings. The molecule has 3 aromatic rings. The fourth-order valence-corrected chi connectivity index (χ4v) is 2.82. The zero-order valence-corrected chi connectivity index (χ0v) is 12.7. The van der Waals surface area contributed by atoms with Gasteiger partial charge in [0.05, 0.1) is 5.56 Å². The minimum absolute atomic E-state index is 0.261. The summed E-state index contributed by atoms with van der Waals surface area (Å²) in [4.78, 5) is 0. The van der Waals surface area contributed by atoms with Crippen LogP contribution in [0.15, 0.2) is 60.8 Å². The smallest absolute Gasteiger partial charge is 0.201 e. The van der Waals surface area contributed by atoms with Gasteiger partial charge in [0, 0.05) is 19.9 Å². The third kappa shape index (κ3) is 2.55. The molecule has 1 aromatic heterocycles. The first-order valence-electron chi connectivity index (χ1n) is 10.2. The number of pyridine rings is 1. The molecule has 0 amide bonds. The molecule has 0 unspecified atom stereocenters. The Hall–Kier alpha value is -2.41. The Bertz CT molecular complexity index is 1020. The summed E-state index contributed by atoms with van der Waals surface area (Å²) in [7, 11) is 1.80. The van der Waals surface area contributed by atoms with Gasteiger partial charge in [-0.05, 0) is 48.9 Å². The van der Waals surface area contributed by atoms with Crippen LogP contribution in [0.25, 0.3) is 22.4 Å². The van der Waals surface area contributed by atoms with E-state index in [4.69, 9.17) is 8.22 Å². The molecule has 0 aliphatic carbocycles. The van der Waals surface area contributed by atoms with Crippen LogP contribution in [0.3, 0.4) is 0 Å². The van der Waals surface area contributed by atoms with Crippen molar-refractivity contribution in [3.63, 3.8) is 0 Å². The third-order valence-electron chi connectivity index (χ3n) is 3.88. The molecule has 0 aliphatic rings. The van der Waals surface area contributed by atoms with E-state index in [1.54, 1.807) is 42.1 Å². The van der Waals surface area contributed by atoms with Crippen LogP contribution in [-0.4, -0.2) is 0 Å². The second-order valence-electron chi connectivity index (χ2n) is 5.46. The molecule has 0 saturated carbocycles. The summed E-state index contributed by atoms with van der Waals surface area (Å²) in [5, 5.41) is 0. The molecule has 0 N–H and O–H groups in total. The molecular weight excluding hydrogens is 266 g/mol. The molecule has 1 heterocycles. The maximum atomic E-state index is 7.90. The van der Waals surface area contributed by atoms with Crippen molar-refractivity contribution in [3.8, 4) is 22.4 Å². The molecule has 0 saturated heterocycles. The largest absolute Gasteiger partial charge is 0.213 e. The Morgan fingerprint density at radius 2 is 1.59 bits per heavy atom. The average molecular weight is 294 g/mol. The number of rotatable bonds is 2. The van der Waals surface area contributed by atoms with E-state index >= 15 is 0 Å². The predicted molar refractivity (Wildman–Crippen MR) is 92.7 cm³/mol. The summed E-state index contributed by atoms with van der Waals surface area (Å²) >= 11 is 0. The third-order valence-corrected chi connectivity index (χ3v) is 3.88. The fourth-order valence-electron chi connectivity index (χ4n) is 2.82. The highest BCUT2D eigenvalue weighted by atomic mass is 14.9. The van der Waals surface area contributed by atoms with E-state index < -0.39 is 13.7 Å². The van der Waals surface area contributed by atoms with Gasteiger partial charge in [0.2, 0.25) is 5.69 Å². The molecule has 1 heteroatoms. The van der Waals surface area contributed by atoms with Gasteiger partial charge in [-0.15, -0.1) is 0 Å². The van der Waals surface area contributed by atoms with Gasteiger partial charge < -0.3 is 0 Å². The van der Waals surface area contributed by atoms with Crippen molar-refractivity contribution in [1.29, 1.82) is 0 Å². The maximum Gasteiger partial charge on any atom is 0.213 e. The lowest BCUT2D eigenvalue weighted by Crippen LogP contribution is -2.31. The van der Waals surface area contributed by atoms with Crippen LogP contribution in [-0.2, 0) is 7.05 Å². The second kappa shape index (κ2) is 5.76. The van der Waals surface area contributed by atoms with Gasteiger partial charge in [0.15, 0.2) is 6.20 Å². The molecule has 1 nitrogen and oxygen atoms in total. The topological polar surface area (TPSA) is 3.88 Å². The number of aromatic nitrogens is 1. The lowest BCUT2D eigenvalue weighted by atomic mass is 9.91. The predicted octanol–water partition coefficient (Wildman–Crippen LogP) is 4.77. The molecule has 0 aliphatic heterocycles. The fraction of sp³-hybridized carbons (Fsp3) is 0.190. The highest BCUT2D eigenvalue weighted by molar-refractivity contribution is 5.84. The maximum absolute atomic E-state index is 7.90. The molecule has 0 radical (unpaired) electrons. The van der Waals surface area contributed by atoms with Gasteiger partial charge >= 0.3 is 0 Å². The minimum Gasteiger partial charge on any atom is -0.201 e. The number of hydrogen-bond donors (Lipinski definition) is 0. The van der Waals surface area contributed by atoms with Crippen molar-refractivity contribution in [2.45, 2.75) is 20.6 Å². The van der Waals surface area contributed by atoms with Crippen molar-refractivity contribution in [3.05, 3.63) is 77.5 Å². The highest BCUT2D eigenvalue weighted by Gasteiger charge is 2.18. The monoisotopic (exact) mass is 294 g/mol. The Morgan fingerprint density at radius 3 is 2.36 bits per heavy atom. The van der Waals surface area contributed by atoms with Crippen molar-refractivity contribution >= 4 is 0 Å². The lowest BCUT2D eigenvalue weighted by molar-refractivity contribution is -0.660. The van der Waals surface area contributed by atoms with Crippen LogP contribution in [0.1, 0.15) is 24.9 Å². The Balaban J connectivity index is 2.28. The number of aryl methyl sites for hydroxylation is 4. The van der Waals surface area contributed by atoms with Gasteiger partial charge in [-0.2, -0.15) is 0 Å². The Labute approximate surface area is 141 Å². The quantitative estimate of drug-likeness (QED) is 0.599. The van der Waals surface area contributed by atoms with E-state index in [-0.39, 0.29) is 5.56 Å². The zero-order chi connectivity index (χ0) is 20.7. The second-order valence-corrected chi connectivity index (χ2v) is 5.46. The summed E-state index contributed by atoms with van der Waals surface area (Å²) in [6.45, 7) is -2.45. The number of benzene rings is 2. The highest BCUT2D eigenvalue weighted by Crippen LogP contribution is 2.34. The van der Waals surface area contributed by atoms with Crippen molar-refractivity contribution < 1.29 is 12.8 Å². The van der Waals surface area contributed by atoms with Crippen LogP contribution in [0.4, 0.5) is 0 Å². The van der Waals surface area contributed by atoms with Gasteiger partial charge in [0.25, 0.3) is 0 Å². The van der Waals surface area contributed by atoms with Crippen LogP contribution < -0.4 is 4.57 Å². The summed E-state index contributed by atoms with van der Waals surface area (Å²) in [5.74, 6) is 0. The van der Waals surface area contributed by atoms with E-state index in [1.807, 2.05) is 37.3 Å². The number of nitrogens with zero attached hydrogens (tertiary/aromatic N) is 1. The van der Waals surface area contributed by atoms with Gasteiger partial charge in [-0.25, -0.2) is 4.57 Å². The molecule has 2 aromatic carbocycles. The molecule has 110 valence electrons. The van der Waals surface area contributed by atoms with Crippen LogP contribution in [0.2, 0.25) is 0 Å². The van der Waals surface area contributed by atoms with Gasteiger partial charge in [-0.1, -0.05) is 42.5 Å². The van der Waals surface area contributed by atoms with Crippen molar-refractivity contribution in [1.82, 2.24) is 0 Å². The minimum atomic E-state index is -2.23. The van der Waals surface area contributed by atoms with Gasteiger partial charge in [0.1, 0.15) is 7.05 Å². The number of hydrogen-bond acceptors (Lipinski definition) is 0. The van der Waals surface area contributed by atoms with Crippen LogP contribution >= 0.6 is 0 Å². The first-order valence-corrected chi connectivity index (χ1v) is 7.20. The van der Waals surface area contributed by atoms with Crippen molar-refractivity contribution in [2.24, 2.45) is 7.05 Å². The summed E-state index contributed by atoms with van der Waals surface area (Å²) in [6.07, 6.45) is 1.61. The molecule has 22 heavy (non-hydrogen) atoms. The average Bonchev–Trinajstić information content (AvgIpc) is 2.60. The SMILES string of the molecule is [2H]C([2H])([2H])c1ccc(-c2c(C)cccc2-c2ccccc2C([2H])([2H])[2H])[n+](C)c1. The zero-order valence-electron chi connectivity index (χ0n) is 18.7. The summed E-state index contributed by atoms with van der Waals surface area (Å²) < 4.78 is 48.3. The summed E-state index contributed by atoms with van der Waals surface area (Å²) in [5.41, 5.74) is 4.71.